The normalized spacial score (nSPS) is 18.3. The number of hydrogen-bond acceptors (Lipinski definition) is 3. The van der Waals surface area contributed by atoms with Crippen LogP contribution >= 0.6 is 7.82 Å². The van der Waals surface area contributed by atoms with Gasteiger partial charge in [0.2, 0.25) is 0 Å². The maximum atomic E-state index is 11.1. The van der Waals surface area contributed by atoms with Crippen molar-refractivity contribution in [2.24, 2.45) is 5.92 Å². The smallest absolute Gasteiger partial charge is 0.465 e. The van der Waals surface area contributed by atoms with Gasteiger partial charge < -0.3 is 24.8 Å². The molecule has 0 aliphatic carbocycles. The molecule has 0 aromatic carbocycles. The van der Waals surface area contributed by atoms with Gasteiger partial charge in [-0.2, -0.15) is 0 Å². The number of phosphoric acid groups is 1. The van der Waals surface area contributed by atoms with Gasteiger partial charge in [-0.15, -0.1) is 0 Å². The molecule has 0 radical (unpaired) electrons. The predicted octanol–water partition coefficient (Wildman–Crippen LogP) is 0.714. The Morgan fingerprint density at radius 3 is 2.50 bits per heavy atom. The number of amides is 1. The van der Waals surface area contributed by atoms with Crippen molar-refractivity contribution in [1.29, 1.82) is 0 Å². The number of nitrogens with zero attached hydrogens (tertiary/aromatic N) is 2. The van der Waals surface area contributed by atoms with Crippen molar-refractivity contribution in [2.45, 2.75) is 26.3 Å². The molecular weight excluding hydrogens is 289 g/mol. The first-order chi connectivity index (χ1) is 9.11. The van der Waals surface area contributed by atoms with Crippen molar-refractivity contribution in [3.8, 4) is 0 Å². The minimum absolute atomic E-state index is 0.113. The van der Waals surface area contributed by atoms with E-state index < -0.39 is 13.9 Å². The molecule has 0 fully saturated rings. The van der Waals surface area contributed by atoms with Gasteiger partial charge in [-0.3, -0.25) is 4.90 Å². The van der Waals surface area contributed by atoms with E-state index in [4.69, 9.17) is 24.4 Å². The quantitative estimate of drug-likeness (QED) is 0.480. The maximum absolute atomic E-state index is 11.1. The maximum Gasteiger partial charge on any atom is 0.466 e. The lowest BCUT2D eigenvalue weighted by atomic mass is 9.94. The zero-order valence-corrected chi connectivity index (χ0v) is 12.0. The average molecular weight is 307 g/mol. The molecular formula is C10H18N3O6P. The zero-order valence-electron chi connectivity index (χ0n) is 11.1. The molecule has 5 N–H and O–H groups in total. The number of fused-ring (bicyclic) bond motifs is 1. The van der Waals surface area contributed by atoms with Crippen LogP contribution in [0.25, 0.3) is 0 Å². The molecule has 0 spiro atoms. The van der Waals surface area contributed by atoms with Gasteiger partial charge in [-0.1, -0.05) is 13.8 Å². The molecule has 0 unspecified atom stereocenters. The highest BCUT2D eigenvalue weighted by molar-refractivity contribution is 7.45. The average Bonchev–Trinajstić information content (AvgIpc) is 2.72. The van der Waals surface area contributed by atoms with Crippen molar-refractivity contribution in [3.63, 3.8) is 0 Å². The highest BCUT2D eigenvalue weighted by Gasteiger charge is 2.34. The van der Waals surface area contributed by atoms with E-state index in [1.165, 1.54) is 4.90 Å². The van der Waals surface area contributed by atoms with E-state index in [0.29, 0.717) is 6.54 Å². The van der Waals surface area contributed by atoms with Crippen LogP contribution in [0.3, 0.4) is 0 Å². The molecule has 10 heteroatoms. The van der Waals surface area contributed by atoms with Gasteiger partial charge in [-0.05, 0) is 5.92 Å². The molecule has 1 aliphatic heterocycles. The summed E-state index contributed by atoms with van der Waals surface area (Å²) >= 11 is 0. The summed E-state index contributed by atoms with van der Waals surface area (Å²) in [5.74, 6) is 0.239. The summed E-state index contributed by atoms with van der Waals surface area (Å²) < 4.78 is 8.88. The Labute approximate surface area is 115 Å². The fourth-order valence-electron chi connectivity index (χ4n) is 2.20. The van der Waals surface area contributed by atoms with Crippen LogP contribution in [-0.4, -0.2) is 47.3 Å². The first-order valence-electron chi connectivity index (χ1n) is 5.91. The predicted molar refractivity (Wildman–Crippen MR) is 68.9 cm³/mol. The molecule has 2 heterocycles. The second-order valence-electron chi connectivity index (χ2n) is 4.69. The van der Waals surface area contributed by atoms with Gasteiger partial charge in [0.15, 0.2) is 0 Å². The lowest BCUT2D eigenvalue weighted by Crippen LogP contribution is -2.41. The molecule has 0 saturated carbocycles. The minimum atomic E-state index is -4.64. The number of rotatable bonds is 1. The number of nitrogens with one attached hydrogen (secondary N) is 1. The summed E-state index contributed by atoms with van der Waals surface area (Å²) in [7, 11) is -4.64. The van der Waals surface area contributed by atoms with Gasteiger partial charge in [-0.25, -0.2) is 14.3 Å². The number of aromatic amines is 1. The van der Waals surface area contributed by atoms with Gasteiger partial charge in [0.25, 0.3) is 0 Å². The molecule has 1 atom stereocenters. The van der Waals surface area contributed by atoms with E-state index in [1.807, 2.05) is 13.8 Å². The third-order valence-corrected chi connectivity index (χ3v) is 2.85. The summed E-state index contributed by atoms with van der Waals surface area (Å²) in [5.41, 5.74) is 1.96. The fraction of sp³-hybridized carbons (Fsp3) is 0.600. The lowest BCUT2D eigenvalue weighted by Gasteiger charge is -2.35. The second kappa shape index (κ2) is 6.36. The van der Waals surface area contributed by atoms with E-state index in [0.717, 1.165) is 17.8 Å². The van der Waals surface area contributed by atoms with E-state index in [1.54, 1.807) is 6.33 Å². The number of hydrogen-bond donors (Lipinski definition) is 5. The molecule has 1 amide bonds. The third-order valence-electron chi connectivity index (χ3n) is 2.85. The Morgan fingerprint density at radius 2 is 2.05 bits per heavy atom. The van der Waals surface area contributed by atoms with Gasteiger partial charge in [0.1, 0.15) is 0 Å². The van der Waals surface area contributed by atoms with Crippen LogP contribution in [0.2, 0.25) is 0 Å². The first-order valence-corrected chi connectivity index (χ1v) is 7.47. The van der Waals surface area contributed by atoms with E-state index in [-0.39, 0.29) is 12.0 Å². The van der Waals surface area contributed by atoms with Crippen LogP contribution < -0.4 is 0 Å². The number of carbonyl (C=O) groups is 1. The summed E-state index contributed by atoms with van der Waals surface area (Å²) in [6, 6.07) is -0.113. The van der Waals surface area contributed by atoms with Crippen molar-refractivity contribution in [2.75, 3.05) is 6.54 Å². The van der Waals surface area contributed by atoms with Crippen LogP contribution in [0.15, 0.2) is 6.33 Å². The van der Waals surface area contributed by atoms with E-state index >= 15 is 0 Å². The fourth-order valence-corrected chi connectivity index (χ4v) is 2.20. The van der Waals surface area contributed by atoms with Crippen LogP contribution in [-0.2, 0) is 11.0 Å². The van der Waals surface area contributed by atoms with Crippen LogP contribution in [0, 0.1) is 5.92 Å². The molecule has 114 valence electrons. The standard InChI is InChI=1S/C10H15N3O2.H3O4P/c1-6(2)9-8-7(11-5-12-8)3-4-13(9)10(14)15;1-5(2,3)4/h5-6,9H,3-4H2,1-2H3,(H,11,12)(H,14,15);(H3,1,2,3,4)/t9-;/m0./s1. The minimum Gasteiger partial charge on any atom is -0.465 e. The Balaban J connectivity index is 0.000000347. The Kier molecular flexibility index (Phi) is 5.29. The summed E-state index contributed by atoms with van der Waals surface area (Å²) in [4.78, 5) is 41.4. The van der Waals surface area contributed by atoms with Gasteiger partial charge in [0.05, 0.1) is 18.1 Å². The molecule has 1 aliphatic rings. The second-order valence-corrected chi connectivity index (χ2v) is 5.72. The molecule has 1 aromatic rings. The van der Waals surface area contributed by atoms with E-state index in [9.17, 15) is 4.79 Å². The summed E-state index contributed by atoms with van der Waals surface area (Å²) in [6.07, 6.45) is 1.51. The Bertz CT molecular complexity index is 503. The molecule has 20 heavy (non-hydrogen) atoms. The highest BCUT2D eigenvalue weighted by atomic mass is 31.2. The van der Waals surface area contributed by atoms with Crippen molar-refractivity contribution >= 4 is 13.9 Å². The molecule has 0 bridgehead atoms. The molecule has 0 saturated heterocycles. The number of H-pyrrole nitrogens is 1. The van der Waals surface area contributed by atoms with Crippen LogP contribution in [0.5, 0.6) is 0 Å². The number of imidazole rings is 1. The molecule has 1 aromatic heterocycles. The van der Waals surface area contributed by atoms with Crippen molar-refractivity contribution < 1.29 is 29.1 Å². The topological polar surface area (TPSA) is 147 Å². The first kappa shape index (κ1) is 16.6. The monoisotopic (exact) mass is 307 g/mol. The van der Waals surface area contributed by atoms with Gasteiger partial charge >= 0.3 is 13.9 Å². The van der Waals surface area contributed by atoms with Crippen LogP contribution in [0.1, 0.15) is 31.3 Å². The summed E-state index contributed by atoms with van der Waals surface area (Å²) in [6.45, 7) is 4.59. The largest absolute Gasteiger partial charge is 0.466 e. The Morgan fingerprint density at radius 1 is 1.50 bits per heavy atom. The lowest BCUT2D eigenvalue weighted by molar-refractivity contribution is 0.103. The van der Waals surface area contributed by atoms with Crippen molar-refractivity contribution in [1.82, 2.24) is 14.9 Å². The van der Waals surface area contributed by atoms with E-state index in [2.05, 4.69) is 9.97 Å². The molecule has 9 nitrogen and oxygen atoms in total. The van der Waals surface area contributed by atoms with Crippen molar-refractivity contribution in [3.05, 3.63) is 17.7 Å². The zero-order chi connectivity index (χ0) is 15.5. The number of aromatic nitrogens is 2. The number of carboxylic acid groups (broad SMARTS) is 1. The SMILES string of the molecule is CC(C)[C@H]1c2nc[nH]c2CCN1C(=O)O.O=P(O)(O)O. The Hall–Kier alpha value is -1.41. The van der Waals surface area contributed by atoms with Gasteiger partial charge in [0, 0.05) is 18.7 Å². The highest BCUT2D eigenvalue weighted by Crippen LogP contribution is 2.32. The van der Waals surface area contributed by atoms with Crippen LogP contribution in [0.4, 0.5) is 4.79 Å². The molecule has 2 rings (SSSR count). The summed E-state index contributed by atoms with van der Waals surface area (Å²) in [5, 5.41) is 9.11. The third kappa shape index (κ3) is 4.61.